The number of pyridine rings is 1. The van der Waals surface area contributed by atoms with Crippen LogP contribution in [-0.2, 0) is 0 Å². The number of rotatable bonds is 1. The summed E-state index contributed by atoms with van der Waals surface area (Å²) in [5, 5.41) is 0.370. The van der Waals surface area contributed by atoms with E-state index in [0.29, 0.717) is 10.8 Å². The molecule has 0 radical (unpaired) electrons. The lowest BCUT2D eigenvalue weighted by Crippen LogP contribution is -2.33. The fourth-order valence-corrected chi connectivity index (χ4v) is 2.69. The number of thioether (sulfide) groups is 1. The van der Waals surface area contributed by atoms with E-state index in [-0.39, 0.29) is 5.91 Å². The van der Waals surface area contributed by atoms with E-state index in [2.05, 4.69) is 4.98 Å². The molecule has 1 aliphatic rings. The predicted molar refractivity (Wildman–Crippen MR) is 67.1 cm³/mol. The largest absolute Gasteiger partial charge is 0.336 e. The van der Waals surface area contributed by atoms with Crippen molar-refractivity contribution in [1.82, 2.24) is 9.88 Å². The van der Waals surface area contributed by atoms with Crippen molar-refractivity contribution >= 4 is 29.3 Å². The molecule has 5 heteroatoms. The van der Waals surface area contributed by atoms with Crippen molar-refractivity contribution in [1.29, 1.82) is 0 Å². The summed E-state index contributed by atoms with van der Waals surface area (Å²) in [7, 11) is 0. The molecule has 3 nitrogen and oxygen atoms in total. The molecule has 2 rings (SSSR count). The van der Waals surface area contributed by atoms with E-state index in [4.69, 9.17) is 11.6 Å². The van der Waals surface area contributed by atoms with E-state index < -0.39 is 0 Å². The second-order valence-electron chi connectivity index (χ2n) is 3.60. The van der Waals surface area contributed by atoms with Gasteiger partial charge in [-0.1, -0.05) is 17.7 Å². The smallest absolute Gasteiger partial charge is 0.272 e. The molecule has 1 aromatic heterocycles. The van der Waals surface area contributed by atoms with Gasteiger partial charge in [-0.05, 0) is 24.3 Å². The maximum absolute atomic E-state index is 12.1. The van der Waals surface area contributed by atoms with Crippen LogP contribution in [0.5, 0.6) is 0 Å². The van der Waals surface area contributed by atoms with E-state index in [1.54, 1.807) is 18.2 Å². The minimum atomic E-state index is -0.00926. The standard InChI is InChI=1S/C11H13ClN2OS/c12-10-4-1-3-9(13-10)11(15)14-5-2-7-16-8-6-14/h1,3-4H,2,5-8H2. The number of aromatic nitrogens is 1. The monoisotopic (exact) mass is 256 g/mol. The maximum Gasteiger partial charge on any atom is 0.272 e. The first-order valence-electron chi connectivity index (χ1n) is 5.27. The number of hydrogen-bond acceptors (Lipinski definition) is 3. The summed E-state index contributed by atoms with van der Waals surface area (Å²) in [5.74, 6) is 2.13. The average Bonchev–Trinajstić information content (AvgIpc) is 2.56. The van der Waals surface area contributed by atoms with Crippen LogP contribution in [0.15, 0.2) is 18.2 Å². The zero-order valence-corrected chi connectivity index (χ0v) is 10.4. The number of nitrogens with zero attached hydrogens (tertiary/aromatic N) is 2. The molecule has 1 saturated heterocycles. The Kier molecular flexibility index (Phi) is 4.07. The molecule has 86 valence electrons. The molecule has 0 aromatic carbocycles. The van der Waals surface area contributed by atoms with Gasteiger partial charge in [-0.2, -0.15) is 11.8 Å². The molecule has 0 saturated carbocycles. The summed E-state index contributed by atoms with van der Waals surface area (Å²) >= 11 is 7.67. The van der Waals surface area contributed by atoms with Crippen molar-refractivity contribution in [3.63, 3.8) is 0 Å². The molecule has 0 bridgehead atoms. The molecule has 0 unspecified atom stereocenters. The minimum absolute atomic E-state index is 0.00926. The fourth-order valence-electron chi connectivity index (χ4n) is 1.64. The molecule has 0 spiro atoms. The number of hydrogen-bond donors (Lipinski definition) is 0. The van der Waals surface area contributed by atoms with E-state index in [1.807, 2.05) is 16.7 Å². The van der Waals surface area contributed by atoms with Gasteiger partial charge >= 0.3 is 0 Å². The first kappa shape index (κ1) is 11.7. The summed E-state index contributed by atoms with van der Waals surface area (Å²) in [6.07, 6.45) is 1.05. The molecule has 1 fully saturated rings. The van der Waals surface area contributed by atoms with Gasteiger partial charge in [0.2, 0.25) is 0 Å². The number of halogens is 1. The lowest BCUT2D eigenvalue weighted by Gasteiger charge is -2.19. The van der Waals surface area contributed by atoms with Crippen molar-refractivity contribution in [3.05, 3.63) is 29.0 Å². The van der Waals surface area contributed by atoms with Crippen LogP contribution in [0.3, 0.4) is 0 Å². The highest BCUT2D eigenvalue weighted by Gasteiger charge is 2.18. The lowest BCUT2D eigenvalue weighted by molar-refractivity contribution is 0.0762. The van der Waals surface area contributed by atoms with Gasteiger partial charge in [0.1, 0.15) is 10.8 Å². The van der Waals surface area contributed by atoms with Gasteiger partial charge in [-0.15, -0.1) is 0 Å². The van der Waals surface area contributed by atoms with Crippen molar-refractivity contribution in [2.24, 2.45) is 0 Å². The molecule has 0 atom stereocenters. The summed E-state index contributed by atoms with van der Waals surface area (Å²) in [4.78, 5) is 18.0. The first-order chi connectivity index (χ1) is 7.77. The third kappa shape index (κ3) is 2.89. The van der Waals surface area contributed by atoms with Crippen molar-refractivity contribution < 1.29 is 4.79 Å². The molecule has 16 heavy (non-hydrogen) atoms. The van der Waals surface area contributed by atoms with E-state index in [0.717, 1.165) is 31.0 Å². The third-order valence-corrected chi connectivity index (χ3v) is 3.70. The van der Waals surface area contributed by atoms with Gasteiger partial charge in [0.05, 0.1) is 0 Å². The van der Waals surface area contributed by atoms with Gasteiger partial charge in [-0.25, -0.2) is 4.98 Å². The van der Waals surface area contributed by atoms with Crippen LogP contribution in [0.4, 0.5) is 0 Å². The topological polar surface area (TPSA) is 33.2 Å². The van der Waals surface area contributed by atoms with Crippen molar-refractivity contribution in [3.8, 4) is 0 Å². The van der Waals surface area contributed by atoms with Crippen LogP contribution in [0, 0.1) is 0 Å². The zero-order valence-electron chi connectivity index (χ0n) is 8.86. The van der Waals surface area contributed by atoms with Gasteiger partial charge in [0.15, 0.2) is 0 Å². The summed E-state index contributed by atoms with van der Waals surface area (Å²) in [6.45, 7) is 1.62. The Hall–Kier alpha value is -0.740. The minimum Gasteiger partial charge on any atom is -0.336 e. The van der Waals surface area contributed by atoms with Crippen molar-refractivity contribution in [2.75, 3.05) is 24.6 Å². The molecular weight excluding hydrogens is 244 g/mol. The van der Waals surface area contributed by atoms with E-state index >= 15 is 0 Å². The Bertz CT molecular complexity index is 378. The lowest BCUT2D eigenvalue weighted by atomic mass is 10.3. The predicted octanol–water partition coefficient (Wildman–Crippen LogP) is 2.31. The van der Waals surface area contributed by atoms with Crippen LogP contribution in [0.25, 0.3) is 0 Å². The maximum atomic E-state index is 12.1. The zero-order chi connectivity index (χ0) is 11.4. The van der Waals surface area contributed by atoms with E-state index in [9.17, 15) is 4.79 Å². The van der Waals surface area contributed by atoms with E-state index in [1.165, 1.54) is 0 Å². The van der Waals surface area contributed by atoms with Crippen LogP contribution in [-0.4, -0.2) is 40.4 Å². The molecule has 2 heterocycles. The van der Waals surface area contributed by atoms with Gasteiger partial charge in [0, 0.05) is 18.8 Å². The third-order valence-electron chi connectivity index (χ3n) is 2.44. The summed E-state index contributed by atoms with van der Waals surface area (Å²) < 4.78 is 0. The summed E-state index contributed by atoms with van der Waals surface area (Å²) in [5.41, 5.74) is 0.444. The van der Waals surface area contributed by atoms with Crippen LogP contribution in [0.1, 0.15) is 16.9 Å². The van der Waals surface area contributed by atoms with Crippen molar-refractivity contribution in [2.45, 2.75) is 6.42 Å². The highest BCUT2D eigenvalue weighted by Crippen LogP contribution is 2.13. The molecule has 1 aromatic rings. The Labute approximate surface area is 104 Å². The highest BCUT2D eigenvalue weighted by atomic mass is 35.5. The Morgan fingerprint density at radius 1 is 1.38 bits per heavy atom. The van der Waals surface area contributed by atoms with Gasteiger partial charge < -0.3 is 4.90 Å². The molecular formula is C11H13ClN2OS. The SMILES string of the molecule is O=C(c1cccc(Cl)n1)N1CCCSCC1. The fraction of sp³-hybridized carbons (Fsp3) is 0.455. The van der Waals surface area contributed by atoms with Gasteiger partial charge in [0.25, 0.3) is 5.91 Å². The molecule has 0 aliphatic carbocycles. The molecule has 0 N–H and O–H groups in total. The normalized spacial score (nSPS) is 16.9. The van der Waals surface area contributed by atoms with Crippen LogP contribution < -0.4 is 0 Å². The highest BCUT2D eigenvalue weighted by molar-refractivity contribution is 7.99. The van der Waals surface area contributed by atoms with Crippen LogP contribution >= 0.6 is 23.4 Å². The number of carbonyl (C=O) groups is 1. The number of amides is 1. The Morgan fingerprint density at radius 3 is 3.06 bits per heavy atom. The quantitative estimate of drug-likeness (QED) is 0.723. The number of carbonyl (C=O) groups excluding carboxylic acids is 1. The average molecular weight is 257 g/mol. The molecule has 1 amide bonds. The van der Waals surface area contributed by atoms with Crippen LogP contribution in [0.2, 0.25) is 5.15 Å². The second kappa shape index (κ2) is 5.55. The second-order valence-corrected chi connectivity index (χ2v) is 5.22. The summed E-state index contributed by atoms with van der Waals surface area (Å²) in [6, 6.07) is 5.15. The Balaban J connectivity index is 2.11. The molecule has 1 aliphatic heterocycles. The Morgan fingerprint density at radius 2 is 2.25 bits per heavy atom. The first-order valence-corrected chi connectivity index (χ1v) is 6.80. The van der Waals surface area contributed by atoms with Gasteiger partial charge in [-0.3, -0.25) is 4.79 Å².